The number of hydrogen-bond donors (Lipinski definition) is 1. The quantitative estimate of drug-likeness (QED) is 0.789. The van der Waals surface area contributed by atoms with Crippen LogP contribution in [0.3, 0.4) is 0 Å². The van der Waals surface area contributed by atoms with Gasteiger partial charge in [-0.05, 0) is 48.9 Å². The molecule has 0 saturated carbocycles. The summed E-state index contributed by atoms with van der Waals surface area (Å²) in [4.78, 5) is 0. The van der Waals surface area contributed by atoms with Gasteiger partial charge in [-0.1, -0.05) is 51.4 Å². The van der Waals surface area contributed by atoms with Crippen LogP contribution in [0.4, 0.5) is 0 Å². The van der Waals surface area contributed by atoms with Crippen LogP contribution in [0.2, 0.25) is 5.02 Å². The summed E-state index contributed by atoms with van der Waals surface area (Å²) in [5.74, 6) is 0. The molecule has 0 aliphatic rings. The summed E-state index contributed by atoms with van der Waals surface area (Å²) < 4.78 is 0. The van der Waals surface area contributed by atoms with Crippen molar-refractivity contribution in [3.63, 3.8) is 0 Å². The van der Waals surface area contributed by atoms with Crippen molar-refractivity contribution in [2.24, 2.45) is 5.41 Å². The van der Waals surface area contributed by atoms with Gasteiger partial charge in [0, 0.05) is 11.1 Å². The van der Waals surface area contributed by atoms with Crippen molar-refractivity contribution in [2.45, 2.75) is 53.0 Å². The Labute approximate surface area is 117 Å². The number of halogens is 1. The van der Waals surface area contributed by atoms with Crippen molar-refractivity contribution in [2.75, 3.05) is 6.54 Å². The van der Waals surface area contributed by atoms with Crippen LogP contribution in [0.5, 0.6) is 0 Å². The molecule has 0 radical (unpaired) electrons. The van der Waals surface area contributed by atoms with Crippen LogP contribution >= 0.6 is 11.6 Å². The molecule has 2 heteroatoms. The second-order valence-electron chi connectivity index (χ2n) is 6.19. The topological polar surface area (TPSA) is 12.0 Å². The third-order valence-corrected chi connectivity index (χ3v) is 3.34. The van der Waals surface area contributed by atoms with E-state index in [9.17, 15) is 0 Å². The van der Waals surface area contributed by atoms with Gasteiger partial charge in [0.05, 0.1) is 0 Å². The molecule has 1 rings (SSSR count). The Morgan fingerprint density at radius 1 is 1.28 bits per heavy atom. The highest BCUT2D eigenvalue weighted by atomic mass is 35.5. The lowest BCUT2D eigenvalue weighted by atomic mass is 9.87. The standard InChI is InChI=1S/C16H26ClN/c1-5-18-15(9-10-16(2,3)4)12-13-7-6-8-14(17)11-13/h6-8,11,15,18H,5,9-10,12H2,1-4H3. The summed E-state index contributed by atoms with van der Waals surface area (Å²) in [6.07, 6.45) is 3.51. The van der Waals surface area contributed by atoms with E-state index in [0.29, 0.717) is 11.5 Å². The molecule has 1 nitrogen and oxygen atoms in total. The molecule has 18 heavy (non-hydrogen) atoms. The van der Waals surface area contributed by atoms with E-state index < -0.39 is 0 Å². The van der Waals surface area contributed by atoms with E-state index >= 15 is 0 Å². The Morgan fingerprint density at radius 3 is 2.56 bits per heavy atom. The Balaban J connectivity index is 2.57. The minimum atomic E-state index is 0.405. The summed E-state index contributed by atoms with van der Waals surface area (Å²) in [5.41, 5.74) is 1.73. The molecule has 0 saturated heterocycles. The zero-order valence-electron chi connectivity index (χ0n) is 12.1. The molecule has 1 aromatic carbocycles. The Bertz CT molecular complexity index is 354. The van der Waals surface area contributed by atoms with E-state index in [0.717, 1.165) is 18.0 Å². The molecule has 1 unspecified atom stereocenters. The van der Waals surface area contributed by atoms with E-state index in [4.69, 9.17) is 11.6 Å². The van der Waals surface area contributed by atoms with Crippen LogP contribution in [-0.2, 0) is 6.42 Å². The summed E-state index contributed by atoms with van der Waals surface area (Å²) in [7, 11) is 0. The Morgan fingerprint density at radius 2 is 2.00 bits per heavy atom. The molecular weight excluding hydrogens is 242 g/mol. The molecular formula is C16H26ClN. The van der Waals surface area contributed by atoms with Crippen LogP contribution in [0, 0.1) is 5.41 Å². The van der Waals surface area contributed by atoms with E-state index in [1.807, 2.05) is 12.1 Å². The van der Waals surface area contributed by atoms with Crippen LogP contribution in [0.15, 0.2) is 24.3 Å². The molecule has 0 fully saturated rings. The number of likely N-dealkylation sites (N-methyl/N-ethyl adjacent to an activating group) is 1. The van der Waals surface area contributed by atoms with E-state index in [-0.39, 0.29) is 0 Å². The van der Waals surface area contributed by atoms with Crippen molar-refractivity contribution in [3.8, 4) is 0 Å². The normalized spacial score (nSPS) is 13.6. The summed E-state index contributed by atoms with van der Waals surface area (Å²) in [6, 6.07) is 8.75. The van der Waals surface area contributed by atoms with Crippen molar-refractivity contribution in [1.82, 2.24) is 5.32 Å². The second kappa shape index (κ2) is 7.16. The smallest absolute Gasteiger partial charge is 0.0408 e. The maximum absolute atomic E-state index is 6.03. The summed E-state index contributed by atoms with van der Waals surface area (Å²) in [5, 5.41) is 4.41. The summed E-state index contributed by atoms with van der Waals surface area (Å²) in [6.45, 7) is 10.1. The number of benzene rings is 1. The number of hydrogen-bond acceptors (Lipinski definition) is 1. The van der Waals surface area contributed by atoms with Gasteiger partial charge in [0.1, 0.15) is 0 Å². The van der Waals surface area contributed by atoms with Gasteiger partial charge >= 0.3 is 0 Å². The van der Waals surface area contributed by atoms with E-state index in [1.54, 1.807) is 0 Å². The fourth-order valence-corrected chi connectivity index (χ4v) is 2.33. The lowest BCUT2D eigenvalue weighted by molar-refractivity contribution is 0.330. The van der Waals surface area contributed by atoms with Gasteiger partial charge in [-0.15, -0.1) is 0 Å². The number of nitrogens with one attached hydrogen (secondary N) is 1. The summed E-state index contributed by atoms with van der Waals surface area (Å²) >= 11 is 6.03. The van der Waals surface area contributed by atoms with Crippen molar-refractivity contribution < 1.29 is 0 Å². The van der Waals surface area contributed by atoms with Crippen LogP contribution in [0.1, 0.15) is 46.1 Å². The first-order valence-corrected chi connectivity index (χ1v) is 7.26. The van der Waals surface area contributed by atoms with Gasteiger partial charge in [-0.2, -0.15) is 0 Å². The minimum absolute atomic E-state index is 0.405. The van der Waals surface area contributed by atoms with Gasteiger partial charge in [-0.3, -0.25) is 0 Å². The molecule has 0 heterocycles. The minimum Gasteiger partial charge on any atom is -0.314 e. The molecule has 0 bridgehead atoms. The van der Waals surface area contributed by atoms with E-state index in [1.165, 1.54) is 18.4 Å². The fraction of sp³-hybridized carbons (Fsp3) is 0.625. The van der Waals surface area contributed by atoms with Gasteiger partial charge < -0.3 is 5.32 Å². The van der Waals surface area contributed by atoms with Gasteiger partial charge in [-0.25, -0.2) is 0 Å². The zero-order chi connectivity index (χ0) is 13.6. The molecule has 0 aromatic heterocycles. The first-order valence-electron chi connectivity index (χ1n) is 6.88. The average molecular weight is 268 g/mol. The second-order valence-corrected chi connectivity index (χ2v) is 6.62. The lowest BCUT2D eigenvalue weighted by Crippen LogP contribution is -2.32. The SMILES string of the molecule is CCNC(CCC(C)(C)C)Cc1cccc(Cl)c1. The molecule has 0 aliphatic carbocycles. The lowest BCUT2D eigenvalue weighted by Gasteiger charge is -2.24. The Hall–Kier alpha value is -0.530. The van der Waals surface area contributed by atoms with Crippen molar-refractivity contribution in [1.29, 1.82) is 0 Å². The average Bonchev–Trinajstić information content (AvgIpc) is 2.25. The molecule has 1 N–H and O–H groups in total. The molecule has 0 aliphatic heterocycles. The highest BCUT2D eigenvalue weighted by molar-refractivity contribution is 6.30. The van der Waals surface area contributed by atoms with Gasteiger partial charge in [0.2, 0.25) is 0 Å². The molecule has 0 amide bonds. The maximum atomic E-state index is 6.03. The first kappa shape index (κ1) is 15.5. The molecule has 102 valence electrons. The highest BCUT2D eigenvalue weighted by Gasteiger charge is 2.15. The maximum Gasteiger partial charge on any atom is 0.0408 e. The molecule has 1 aromatic rings. The zero-order valence-corrected chi connectivity index (χ0v) is 12.8. The van der Waals surface area contributed by atoms with Crippen molar-refractivity contribution >= 4 is 11.6 Å². The Kier molecular flexibility index (Phi) is 6.17. The van der Waals surface area contributed by atoms with Gasteiger partial charge in [0.15, 0.2) is 0 Å². The van der Waals surface area contributed by atoms with Crippen molar-refractivity contribution in [3.05, 3.63) is 34.9 Å². The molecule has 0 spiro atoms. The van der Waals surface area contributed by atoms with Crippen LogP contribution < -0.4 is 5.32 Å². The van der Waals surface area contributed by atoms with Crippen LogP contribution in [-0.4, -0.2) is 12.6 Å². The third kappa shape index (κ3) is 6.42. The molecule has 1 atom stereocenters. The predicted molar refractivity (Wildman–Crippen MR) is 81.3 cm³/mol. The number of rotatable bonds is 6. The third-order valence-electron chi connectivity index (χ3n) is 3.11. The van der Waals surface area contributed by atoms with Crippen LogP contribution in [0.25, 0.3) is 0 Å². The first-order chi connectivity index (χ1) is 8.40. The van der Waals surface area contributed by atoms with E-state index in [2.05, 4.69) is 45.1 Å². The predicted octanol–water partition coefficient (Wildman–Crippen LogP) is 4.69. The van der Waals surface area contributed by atoms with Gasteiger partial charge in [0.25, 0.3) is 0 Å². The fourth-order valence-electron chi connectivity index (χ4n) is 2.12. The largest absolute Gasteiger partial charge is 0.314 e. The monoisotopic (exact) mass is 267 g/mol. The highest BCUT2D eigenvalue weighted by Crippen LogP contribution is 2.23.